The number of amides is 1. The predicted molar refractivity (Wildman–Crippen MR) is 60.8 cm³/mol. The maximum Gasteiger partial charge on any atom is 0.258 e. The monoisotopic (exact) mass is 267 g/mol. The third kappa shape index (κ3) is 3.16. The molecule has 0 aliphatic rings. The highest BCUT2D eigenvalue weighted by atomic mass is 35.5. The maximum atomic E-state index is 10.8. The Balaban J connectivity index is 3.00. The lowest BCUT2D eigenvalue weighted by Crippen LogP contribution is -2.30. The standard InChI is InChI=1S/C9H8Cl3NO2/c1-4(9(13)14)15-8-6(11)2-5(10)3-7(8)12/h2-4H,1H3,(H2,13,14)/t4-/m1/s1. The maximum absolute atomic E-state index is 10.8. The van der Waals surface area contributed by atoms with Crippen molar-refractivity contribution in [2.75, 3.05) is 0 Å². The number of ether oxygens (including phenoxy) is 1. The summed E-state index contributed by atoms with van der Waals surface area (Å²) < 4.78 is 5.20. The van der Waals surface area contributed by atoms with Gasteiger partial charge in [-0.15, -0.1) is 0 Å². The normalized spacial score (nSPS) is 12.3. The molecule has 1 aromatic rings. The highest BCUT2D eigenvalue weighted by molar-refractivity contribution is 6.40. The first kappa shape index (κ1) is 12.4. The Bertz CT molecular complexity index is 372. The van der Waals surface area contributed by atoms with Crippen molar-refractivity contribution in [3.05, 3.63) is 27.2 Å². The first-order valence-corrected chi connectivity index (χ1v) is 5.15. The predicted octanol–water partition coefficient (Wildman–Crippen LogP) is 2.90. The van der Waals surface area contributed by atoms with E-state index in [9.17, 15) is 4.79 Å². The zero-order chi connectivity index (χ0) is 11.6. The van der Waals surface area contributed by atoms with Crippen LogP contribution in [0.3, 0.4) is 0 Å². The SMILES string of the molecule is C[C@@H](Oc1c(Cl)cc(Cl)cc1Cl)C(N)=O. The number of primary amides is 1. The van der Waals surface area contributed by atoms with E-state index in [1.54, 1.807) is 0 Å². The van der Waals surface area contributed by atoms with Gasteiger partial charge < -0.3 is 10.5 Å². The minimum atomic E-state index is -0.804. The van der Waals surface area contributed by atoms with E-state index in [2.05, 4.69) is 0 Å². The molecule has 0 saturated carbocycles. The molecule has 1 amide bonds. The van der Waals surface area contributed by atoms with Gasteiger partial charge in [0.2, 0.25) is 0 Å². The van der Waals surface area contributed by atoms with Gasteiger partial charge in [0.25, 0.3) is 5.91 Å². The van der Waals surface area contributed by atoms with Crippen LogP contribution >= 0.6 is 34.8 Å². The summed E-state index contributed by atoms with van der Waals surface area (Å²) in [5, 5.41) is 0.866. The smallest absolute Gasteiger partial charge is 0.258 e. The molecule has 0 radical (unpaired) electrons. The third-order valence-electron chi connectivity index (χ3n) is 1.66. The number of rotatable bonds is 3. The molecule has 6 heteroatoms. The average Bonchev–Trinajstić information content (AvgIpc) is 2.10. The van der Waals surface area contributed by atoms with Crippen LogP contribution in [0, 0.1) is 0 Å². The van der Waals surface area contributed by atoms with Gasteiger partial charge in [-0.05, 0) is 19.1 Å². The fourth-order valence-electron chi connectivity index (χ4n) is 0.876. The molecule has 0 saturated heterocycles. The molecule has 0 fully saturated rings. The van der Waals surface area contributed by atoms with Crippen molar-refractivity contribution in [1.29, 1.82) is 0 Å². The van der Waals surface area contributed by atoms with E-state index in [1.165, 1.54) is 19.1 Å². The van der Waals surface area contributed by atoms with E-state index in [4.69, 9.17) is 45.3 Å². The van der Waals surface area contributed by atoms with Gasteiger partial charge in [0, 0.05) is 5.02 Å². The third-order valence-corrected chi connectivity index (χ3v) is 2.44. The molecule has 0 spiro atoms. The van der Waals surface area contributed by atoms with Crippen LogP contribution in [-0.4, -0.2) is 12.0 Å². The summed E-state index contributed by atoms with van der Waals surface area (Å²) in [6.45, 7) is 1.50. The second kappa shape index (κ2) is 4.92. The molecule has 1 rings (SSSR count). The summed E-state index contributed by atoms with van der Waals surface area (Å²) in [5.74, 6) is -0.397. The van der Waals surface area contributed by atoms with E-state index in [0.29, 0.717) is 5.02 Å². The lowest BCUT2D eigenvalue weighted by molar-refractivity contribution is -0.123. The summed E-state index contributed by atoms with van der Waals surface area (Å²) in [7, 11) is 0. The van der Waals surface area contributed by atoms with Crippen LogP contribution < -0.4 is 10.5 Å². The number of benzene rings is 1. The van der Waals surface area contributed by atoms with E-state index in [-0.39, 0.29) is 15.8 Å². The number of hydrogen-bond acceptors (Lipinski definition) is 2. The molecule has 0 aromatic heterocycles. The molecule has 2 N–H and O–H groups in total. The molecule has 3 nitrogen and oxygen atoms in total. The Kier molecular flexibility index (Phi) is 4.08. The van der Waals surface area contributed by atoms with Crippen molar-refractivity contribution in [3.8, 4) is 5.75 Å². The van der Waals surface area contributed by atoms with Crippen LogP contribution in [-0.2, 0) is 4.79 Å². The minimum absolute atomic E-state index is 0.203. The summed E-state index contributed by atoms with van der Waals surface area (Å²) in [6, 6.07) is 2.94. The van der Waals surface area contributed by atoms with Gasteiger partial charge in [0.1, 0.15) is 0 Å². The fraction of sp³-hybridized carbons (Fsp3) is 0.222. The zero-order valence-electron chi connectivity index (χ0n) is 7.76. The van der Waals surface area contributed by atoms with Crippen LogP contribution in [0.15, 0.2) is 12.1 Å². The topological polar surface area (TPSA) is 52.3 Å². The molecule has 15 heavy (non-hydrogen) atoms. The van der Waals surface area contributed by atoms with Gasteiger partial charge in [-0.1, -0.05) is 34.8 Å². The van der Waals surface area contributed by atoms with E-state index in [0.717, 1.165) is 0 Å². The van der Waals surface area contributed by atoms with E-state index in [1.807, 2.05) is 0 Å². The Hall–Kier alpha value is -0.640. The highest BCUT2D eigenvalue weighted by Gasteiger charge is 2.15. The molecule has 0 bridgehead atoms. The Morgan fingerprint density at radius 2 is 1.80 bits per heavy atom. The molecule has 1 atom stereocenters. The second-order valence-corrected chi connectivity index (χ2v) is 4.11. The van der Waals surface area contributed by atoms with Crippen molar-refractivity contribution < 1.29 is 9.53 Å². The molecule has 82 valence electrons. The molecular weight excluding hydrogens is 260 g/mol. The Morgan fingerprint density at radius 3 is 2.20 bits per heavy atom. The fourth-order valence-corrected chi connectivity index (χ4v) is 1.78. The van der Waals surface area contributed by atoms with Crippen molar-refractivity contribution in [3.63, 3.8) is 0 Å². The minimum Gasteiger partial charge on any atom is -0.478 e. The molecule has 0 unspecified atom stereocenters. The first-order valence-electron chi connectivity index (χ1n) is 4.02. The van der Waals surface area contributed by atoms with Crippen LogP contribution in [0.4, 0.5) is 0 Å². The van der Waals surface area contributed by atoms with Gasteiger partial charge in [-0.3, -0.25) is 4.79 Å². The number of hydrogen-bond donors (Lipinski definition) is 1. The quantitative estimate of drug-likeness (QED) is 0.916. The van der Waals surface area contributed by atoms with Crippen LogP contribution in [0.25, 0.3) is 0 Å². The van der Waals surface area contributed by atoms with Gasteiger partial charge in [-0.2, -0.15) is 0 Å². The van der Waals surface area contributed by atoms with Crippen molar-refractivity contribution in [2.45, 2.75) is 13.0 Å². The van der Waals surface area contributed by atoms with Crippen molar-refractivity contribution in [2.24, 2.45) is 5.73 Å². The van der Waals surface area contributed by atoms with Crippen molar-refractivity contribution in [1.82, 2.24) is 0 Å². The largest absolute Gasteiger partial charge is 0.478 e. The van der Waals surface area contributed by atoms with Gasteiger partial charge in [-0.25, -0.2) is 0 Å². The highest BCUT2D eigenvalue weighted by Crippen LogP contribution is 2.36. The van der Waals surface area contributed by atoms with Gasteiger partial charge in [0.05, 0.1) is 10.0 Å². The molecule has 0 aliphatic carbocycles. The number of halogens is 3. The first-order chi connectivity index (χ1) is 6.91. The van der Waals surface area contributed by atoms with E-state index >= 15 is 0 Å². The molecular formula is C9H8Cl3NO2. The van der Waals surface area contributed by atoms with Crippen LogP contribution in [0.2, 0.25) is 15.1 Å². The van der Waals surface area contributed by atoms with Gasteiger partial charge in [0.15, 0.2) is 11.9 Å². The summed E-state index contributed by atoms with van der Waals surface area (Å²) in [6.07, 6.45) is -0.804. The second-order valence-electron chi connectivity index (χ2n) is 2.86. The summed E-state index contributed by atoms with van der Waals surface area (Å²) in [5.41, 5.74) is 5.04. The average molecular weight is 269 g/mol. The molecule has 1 aromatic carbocycles. The number of carbonyl (C=O) groups is 1. The summed E-state index contributed by atoms with van der Waals surface area (Å²) in [4.78, 5) is 10.8. The van der Waals surface area contributed by atoms with Crippen LogP contribution in [0.5, 0.6) is 5.75 Å². The Labute approximate surface area is 102 Å². The molecule has 0 aliphatic heterocycles. The molecule has 0 heterocycles. The zero-order valence-corrected chi connectivity index (χ0v) is 10.0. The van der Waals surface area contributed by atoms with Crippen molar-refractivity contribution >= 4 is 40.7 Å². The van der Waals surface area contributed by atoms with E-state index < -0.39 is 12.0 Å². The number of carbonyl (C=O) groups excluding carboxylic acids is 1. The Morgan fingerprint density at radius 1 is 1.33 bits per heavy atom. The lowest BCUT2D eigenvalue weighted by Gasteiger charge is -2.14. The number of nitrogens with two attached hydrogens (primary N) is 1. The lowest BCUT2D eigenvalue weighted by atomic mass is 10.3. The summed E-state index contributed by atoms with van der Waals surface area (Å²) >= 11 is 17.4. The van der Waals surface area contributed by atoms with Crippen LogP contribution in [0.1, 0.15) is 6.92 Å². The van der Waals surface area contributed by atoms with Gasteiger partial charge >= 0.3 is 0 Å².